The van der Waals surface area contributed by atoms with Crippen molar-refractivity contribution in [2.45, 2.75) is 6.43 Å². The van der Waals surface area contributed by atoms with E-state index >= 15 is 0 Å². The summed E-state index contributed by atoms with van der Waals surface area (Å²) in [7, 11) is 0. The molecule has 0 bridgehead atoms. The number of aromatic nitrogens is 4. The lowest BCUT2D eigenvalue weighted by Crippen LogP contribution is -1.99. The van der Waals surface area contributed by atoms with Gasteiger partial charge in [0, 0.05) is 12.4 Å². The highest BCUT2D eigenvalue weighted by Crippen LogP contribution is 2.16. The number of hydrogen-bond donors (Lipinski definition) is 0. The van der Waals surface area contributed by atoms with Crippen molar-refractivity contribution in [1.29, 1.82) is 0 Å². The summed E-state index contributed by atoms with van der Waals surface area (Å²) in [6.45, 7) is 0. The second-order valence-corrected chi connectivity index (χ2v) is 2.57. The van der Waals surface area contributed by atoms with Crippen LogP contribution in [0.4, 0.5) is 8.78 Å². The van der Waals surface area contributed by atoms with E-state index in [-0.39, 0.29) is 5.69 Å². The van der Waals surface area contributed by atoms with Gasteiger partial charge in [-0.15, -0.1) is 5.10 Å². The van der Waals surface area contributed by atoms with Crippen molar-refractivity contribution in [3.63, 3.8) is 0 Å². The van der Waals surface area contributed by atoms with Crippen LogP contribution in [0.25, 0.3) is 5.82 Å². The molecule has 0 amide bonds. The quantitative estimate of drug-likeness (QED) is 0.732. The first kappa shape index (κ1) is 8.74. The Hall–Kier alpha value is -1.85. The second-order valence-electron chi connectivity index (χ2n) is 2.57. The Morgan fingerprint density at radius 1 is 1.29 bits per heavy atom. The first-order valence-corrected chi connectivity index (χ1v) is 3.89. The number of rotatable bonds is 2. The smallest absolute Gasteiger partial charge is 0.220 e. The number of alkyl halides is 2. The standard InChI is InChI=1S/C8H6F2N4/c9-8(10)6-3-5-14(13-6)7-2-1-4-11-12-7/h1-5,8H. The van der Waals surface area contributed by atoms with Crippen LogP contribution in [0.3, 0.4) is 0 Å². The lowest BCUT2D eigenvalue weighted by atomic mass is 10.5. The second kappa shape index (κ2) is 3.49. The van der Waals surface area contributed by atoms with Crippen molar-refractivity contribution in [2.24, 2.45) is 0 Å². The van der Waals surface area contributed by atoms with Crippen LogP contribution in [0.2, 0.25) is 0 Å². The van der Waals surface area contributed by atoms with Gasteiger partial charge in [0.05, 0.1) is 0 Å². The lowest BCUT2D eigenvalue weighted by Gasteiger charge is -1.96. The van der Waals surface area contributed by atoms with Gasteiger partial charge in [-0.3, -0.25) is 0 Å². The van der Waals surface area contributed by atoms with Crippen LogP contribution >= 0.6 is 0 Å². The molecule has 0 aliphatic heterocycles. The zero-order valence-corrected chi connectivity index (χ0v) is 7.01. The van der Waals surface area contributed by atoms with E-state index in [1.807, 2.05) is 0 Å². The molecule has 0 saturated heterocycles. The summed E-state index contributed by atoms with van der Waals surface area (Å²) in [5.41, 5.74) is -0.268. The molecule has 0 aromatic carbocycles. The zero-order valence-electron chi connectivity index (χ0n) is 7.01. The first-order valence-electron chi connectivity index (χ1n) is 3.89. The Balaban J connectivity index is 2.34. The van der Waals surface area contributed by atoms with Gasteiger partial charge in [-0.1, -0.05) is 0 Å². The monoisotopic (exact) mass is 196 g/mol. The molecule has 2 aromatic heterocycles. The maximum atomic E-state index is 12.2. The predicted octanol–water partition coefficient (Wildman–Crippen LogP) is 1.60. The van der Waals surface area contributed by atoms with E-state index in [1.54, 1.807) is 12.1 Å². The van der Waals surface area contributed by atoms with Crippen molar-refractivity contribution in [3.05, 3.63) is 36.3 Å². The van der Waals surface area contributed by atoms with E-state index in [0.29, 0.717) is 5.82 Å². The summed E-state index contributed by atoms with van der Waals surface area (Å²) in [5, 5.41) is 11.0. The Bertz CT molecular complexity index is 412. The van der Waals surface area contributed by atoms with Gasteiger partial charge in [0.25, 0.3) is 6.43 Å². The minimum absolute atomic E-state index is 0.268. The van der Waals surface area contributed by atoms with Crippen molar-refractivity contribution < 1.29 is 8.78 Å². The van der Waals surface area contributed by atoms with Gasteiger partial charge < -0.3 is 0 Å². The van der Waals surface area contributed by atoms with Crippen molar-refractivity contribution >= 4 is 0 Å². The molecule has 14 heavy (non-hydrogen) atoms. The molecular formula is C8H6F2N4. The Morgan fingerprint density at radius 2 is 2.14 bits per heavy atom. The summed E-state index contributed by atoms with van der Waals surface area (Å²) in [6, 6.07) is 4.54. The molecule has 0 N–H and O–H groups in total. The Labute approximate surface area is 78.2 Å². The third kappa shape index (κ3) is 1.59. The molecule has 0 unspecified atom stereocenters. The highest BCUT2D eigenvalue weighted by atomic mass is 19.3. The Morgan fingerprint density at radius 3 is 2.71 bits per heavy atom. The van der Waals surface area contributed by atoms with Gasteiger partial charge in [0.15, 0.2) is 5.82 Å². The summed E-state index contributed by atoms with van der Waals surface area (Å²) < 4.78 is 25.6. The number of nitrogens with zero attached hydrogens (tertiary/aromatic N) is 4. The molecule has 4 nitrogen and oxygen atoms in total. The first-order chi connectivity index (χ1) is 6.77. The largest absolute Gasteiger partial charge is 0.282 e. The van der Waals surface area contributed by atoms with E-state index in [4.69, 9.17) is 0 Å². The van der Waals surface area contributed by atoms with Crippen LogP contribution in [-0.2, 0) is 0 Å². The molecular weight excluding hydrogens is 190 g/mol. The highest BCUT2D eigenvalue weighted by Gasteiger charge is 2.11. The number of hydrogen-bond acceptors (Lipinski definition) is 3. The lowest BCUT2D eigenvalue weighted by molar-refractivity contribution is 0.145. The molecule has 72 valence electrons. The normalized spacial score (nSPS) is 10.8. The molecule has 0 atom stereocenters. The van der Waals surface area contributed by atoms with Crippen LogP contribution in [0, 0.1) is 0 Å². The highest BCUT2D eigenvalue weighted by molar-refractivity contribution is 5.19. The molecule has 0 aliphatic rings. The molecule has 0 fully saturated rings. The average Bonchev–Trinajstić information content (AvgIpc) is 2.68. The summed E-state index contributed by atoms with van der Waals surface area (Å²) in [4.78, 5) is 0. The van der Waals surface area contributed by atoms with Gasteiger partial charge in [0.2, 0.25) is 0 Å². The van der Waals surface area contributed by atoms with Crippen LogP contribution < -0.4 is 0 Å². The van der Waals surface area contributed by atoms with E-state index in [9.17, 15) is 8.78 Å². The van der Waals surface area contributed by atoms with Gasteiger partial charge in [-0.05, 0) is 18.2 Å². The van der Waals surface area contributed by atoms with Crippen LogP contribution in [0.15, 0.2) is 30.6 Å². The maximum absolute atomic E-state index is 12.2. The maximum Gasteiger partial charge on any atom is 0.282 e. The van der Waals surface area contributed by atoms with Gasteiger partial charge in [0.1, 0.15) is 5.69 Å². The fraction of sp³-hybridized carbons (Fsp3) is 0.125. The summed E-state index contributed by atoms with van der Waals surface area (Å²) in [6.07, 6.45) is 0.361. The molecule has 2 heterocycles. The molecule has 0 saturated carbocycles. The zero-order chi connectivity index (χ0) is 9.97. The molecule has 0 aliphatic carbocycles. The Kier molecular flexibility index (Phi) is 2.18. The van der Waals surface area contributed by atoms with E-state index in [0.717, 1.165) is 0 Å². The van der Waals surface area contributed by atoms with E-state index in [1.165, 1.54) is 23.1 Å². The van der Waals surface area contributed by atoms with Crippen molar-refractivity contribution in [1.82, 2.24) is 20.0 Å². The fourth-order valence-electron chi connectivity index (χ4n) is 0.998. The summed E-state index contributed by atoms with van der Waals surface area (Å²) >= 11 is 0. The predicted molar refractivity (Wildman–Crippen MR) is 44.1 cm³/mol. The third-order valence-corrected chi connectivity index (χ3v) is 1.63. The van der Waals surface area contributed by atoms with Gasteiger partial charge in [-0.2, -0.15) is 10.2 Å². The molecule has 2 aromatic rings. The fourth-order valence-corrected chi connectivity index (χ4v) is 0.998. The van der Waals surface area contributed by atoms with Crippen LogP contribution in [0.5, 0.6) is 0 Å². The topological polar surface area (TPSA) is 43.6 Å². The SMILES string of the molecule is FC(F)c1ccn(-c2cccnn2)n1. The molecule has 6 heteroatoms. The summed E-state index contributed by atoms with van der Waals surface area (Å²) in [5.74, 6) is 0.416. The molecule has 0 radical (unpaired) electrons. The molecule has 0 spiro atoms. The van der Waals surface area contributed by atoms with Crippen LogP contribution in [-0.4, -0.2) is 20.0 Å². The van der Waals surface area contributed by atoms with Crippen molar-refractivity contribution in [3.8, 4) is 5.82 Å². The minimum atomic E-state index is -2.56. The van der Waals surface area contributed by atoms with Crippen molar-refractivity contribution in [2.75, 3.05) is 0 Å². The minimum Gasteiger partial charge on any atom is -0.220 e. The number of halogens is 2. The molecule has 2 rings (SSSR count). The van der Waals surface area contributed by atoms with Gasteiger partial charge >= 0.3 is 0 Å². The van der Waals surface area contributed by atoms with E-state index in [2.05, 4.69) is 15.3 Å². The average molecular weight is 196 g/mol. The van der Waals surface area contributed by atoms with E-state index < -0.39 is 6.43 Å². The third-order valence-electron chi connectivity index (χ3n) is 1.63. The van der Waals surface area contributed by atoms with Crippen LogP contribution in [0.1, 0.15) is 12.1 Å². The van der Waals surface area contributed by atoms with Gasteiger partial charge in [-0.25, -0.2) is 13.5 Å².